The Balaban J connectivity index is 2.06. The van der Waals surface area contributed by atoms with E-state index in [9.17, 15) is 16.8 Å². The third-order valence-corrected chi connectivity index (χ3v) is 8.68. The smallest absolute Gasteiger partial charge is 0.244 e. The Bertz CT molecular complexity index is 1010. The Morgan fingerprint density at radius 3 is 2.42 bits per heavy atom. The van der Waals surface area contributed by atoms with Crippen molar-refractivity contribution < 1.29 is 21.3 Å². The van der Waals surface area contributed by atoms with Crippen LogP contribution < -0.4 is 0 Å². The summed E-state index contributed by atoms with van der Waals surface area (Å²) >= 11 is 0. The van der Waals surface area contributed by atoms with E-state index in [-0.39, 0.29) is 22.9 Å². The van der Waals surface area contributed by atoms with E-state index in [4.69, 9.17) is 4.42 Å². The fourth-order valence-corrected chi connectivity index (χ4v) is 7.05. The summed E-state index contributed by atoms with van der Waals surface area (Å²) in [7, 11) is -7.10. The second kappa shape index (κ2) is 6.83. The van der Waals surface area contributed by atoms with Gasteiger partial charge in [-0.2, -0.15) is 4.31 Å². The molecule has 8 heteroatoms. The van der Waals surface area contributed by atoms with Crippen molar-refractivity contribution >= 4 is 19.9 Å². The number of nitrogens with zero attached hydrogens (tertiary/aromatic N) is 1. The van der Waals surface area contributed by atoms with Gasteiger partial charge in [-0.3, -0.25) is 0 Å². The van der Waals surface area contributed by atoms with E-state index in [0.29, 0.717) is 17.7 Å². The molecule has 0 N–H and O–H groups in total. The lowest BCUT2D eigenvalue weighted by atomic mass is 10.1. The normalized spacial score (nSPS) is 19.9. The summed E-state index contributed by atoms with van der Waals surface area (Å²) in [6.45, 7) is 5.57. The first-order chi connectivity index (χ1) is 12.1. The van der Waals surface area contributed by atoms with Crippen molar-refractivity contribution in [1.82, 2.24) is 4.31 Å². The van der Waals surface area contributed by atoms with Crippen molar-refractivity contribution in [3.8, 4) is 0 Å². The summed E-state index contributed by atoms with van der Waals surface area (Å²) in [5.41, 5.74) is 2.55. The number of furan rings is 1. The minimum atomic E-state index is -3.87. The van der Waals surface area contributed by atoms with Gasteiger partial charge >= 0.3 is 0 Å². The van der Waals surface area contributed by atoms with Crippen LogP contribution in [0.4, 0.5) is 0 Å². The fraction of sp³-hybridized carbons (Fsp3) is 0.444. The average molecular weight is 398 g/mol. The van der Waals surface area contributed by atoms with Gasteiger partial charge in [-0.15, -0.1) is 0 Å². The molecule has 26 heavy (non-hydrogen) atoms. The number of rotatable bonds is 5. The molecule has 6 nitrogen and oxygen atoms in total. The third kappa shape index (κ3) is 3.72. The predicted octanol–water partition coefficient (Wildman–Crippen LogP) is 2.58. The first kappa shape index (κ1) is 19.1. The fourth-order valence-electron chi connectivity index (χ4n) is 3.31. The number of sulfone groups is 1. The van der Waals surface area contributed by atoms with Crippen LogP contribution in [0.5, 0.6) is 0 Å². The highest BCUT2D eigenvalue weighted by Crippen LogP contribution is 2.30. The molecule has 3 rings (SSSR count). The van der Waals surface area contributed by atoms with E-state index in [1.807, 2.05) is 19.9 Å². The van der Waals surface area contributed by atoms with Crippen molar-refractivity contribution in [2.24, 2.45) is 0 Å². The molecule has 0 bridgehead atoms. The molecule has 2 aromatic rings. The van der Waals surface area contributed by atoms with Gasteiger partial charge in [0, 0.05) is 6.04 Å². The van der Waals surface area contributed by atoms with Crippen LogP contribution in [-0.4, -0.2) is 38.7 Å². The van der Waals surface area contributed by atoms with Gasteiger partial charge in [0.25, 0.3) is 0 Å². The molecular formula is C18H23NO5S2. The first-order valence-corrected chi connectivity index (χ1v) is 11.7. The standard InChI is InChI=1S/C18H23NO5S2/c1-13-9-15(3)18(10-14(13)2)26(22,23)19(11-17-5-4-7-24-17)16-6-8-25(20,21)12-16/h4-5,7,9-10,16H,6,8,11-12H2,1-3H3/t16-/m1/s1. The lowest BCUT2D eigenvalue weighted by molar-refractivity contribution is 0.306. The summed E-state index contributed by atoms with van der Waals surface area (Å²) in [5, 5.41) is 0. The minimum Gasteiger partial charge on any atom is -0.468 e. The molecule has 0 radical (unpaired) electrons. The zero-order valence-electron chi connectivity index (χ0n) is 15.1. The Hall–Kier alpha value is -1.64. The van der Waals surface area contributed by atoms with Gasteiger partial charge in [0.1, 0.15) is 5.76 Å². The Labute approximate surface area is 154 Å². The van der Waals surface area contributed by atoms with Gasteiger partial charge in [0.2, 0.25) is 10.0 Å². The Morgan fingerprint density at radius 1 is 1.15 bits per heavy atom. The highest BCUT2D eigenvalue weighted by molar-refractivity contribution is 7.92. The monoisotopic (exact) mass is 397 g/mol. The summed E-state index contributed by atoms with van der Waals surface area (Å²) in [5.74, 6) is 0.337. The van der Waals surface area contributed by atoms with Crippen LogP contribution in [0.25, 0.3) is 0 Å². The summed E-state index contributed by atoms with van der Waals surface area (Å²) in [6.07, 6.45) is 1.78. The third-order valence-electron chi connectivity index (χ3n) is 4.89. The van der Waals surface area contributed by atoms with Gasteiger partial charge in [-0.1, -0.05) is 6.07 Å². The molecule has 0 saturated carbocycles. The molecule has 2 heterocycles. The highest BCUT2D eigenvalue weighted by atomic mass is 32.2. The molecule has 1 aromatic heterocycles. The van der Waals surface area contributed by atoms with Crippen molar-refractivity contribution in [3.63, 3.8) is 0 Å². The molecule has 0 amide bonds. The van der Waals surface area contributed by atoms with Crippen LogP contribution in [0.1, 0.15) is 28.9 Å². The van der Waals surface area contributed by atoms with E-state index in [1.54, 1.807) is 25.1 Å². The van der Waals surface area contributed by atoms with E-state index < -0.39 is 25.9 Å². The molecule has 1 fully saturated rings. The van der Waals surface area contributed by atoms with Gasteiger partial charge in [0.15, 0.2) is 9.84 Å². The van der Waals surface area contributed by atoms with Crippen LogP contribution in [0.3, 0.4) is 0 Å². The molecule has 0 aliphatic carbocycles. The maximum Gasteiger partial charge on any atom is 0.244 e. The number of hydrogen-bond donors (Lipinski definition) is 0. The molecule has 1 saturated heterocycles. The number of sulfonamides is 1. The summed E-state index contributed by atoms with van der Waals surface area (Å²) in [6, 6.07) is 6.31. The van der Waals surface area contributed by atoms with Crippen molar-refractivity contribution in [3.05, 3.63) is 53.0 Å². The summed E-state index contributed by atoms with van der Waals surface area (Å²) in [4.78, 5) is 0.219. The second-order valence-electron chi connectivity index (χ2n) is 6.89. The quantitative estimate of drug-likeness (QED) is 0.774. The van der Waals surface area contributed by atoms with Crippen molar-refractivity contribution in [2.45, 2.75) is 44.7 Å². The second-order valence-corrected chi connectivity index (χ2v) is 11.0. The Kier molecular flexibility index (Phi) is 5.02. The van der Waals surface area contributed by atoms with E-state index in [2.05, 4.69) is 0 Å². The lowest BCUT2D eigenvalue weighted by Crippen LogP contribution is -2.40. The molecule has 1 aromatic carbocycles. The zero-order valence-corrected chi connectivity index (χ0v) is 16.7. The highest BCUT2D eigenvalue weighted by Gasteiger charge is 2.39. The number of hydrogen-bond acceptors (Lipinski definition) is 5. The van der Waals surface area contributed by atoms with Crippen LogP contribution in [-0.2, 0) is 26.4 Å². The lowest BCUT2D eigenvalue weighted by Gasteiger charge is -2.27. The number of aryl methyl sites for hydroxylation is 3. The van der Waals surface area contributed by atoms with Crippen molar-refractivity contribution in [1.29, 1.82) is 0 Å². The van der Waals surface area contributed by atoms with Gasteiger partial charge in [-0.05, 0) is 62.1 Å². The Morgan fingerprint density at radius 2 is 1.85 bits per heavy atom. The first-order valence-electron chi connectivity index (χ1n) is 8.43. The van der Waals surface area contributed by atoms with Gasteiger partial charge in [0.05, 0.1) is 29.2 Å². The summed E-state index contributed by atoms with van der Waals surface area (Å²) < 4.78 is 57.3. The maximum absolute atomic E-state index is 13.4. The topological polar surface area (TPSA) is 84.7 Å². The van der Waals surface area contributed by atoms with Crippen LogP contribution >= 0.6 is 0 Å². The van der Waals surface area contributed by atoms with E-state index in [1.165, 1.54) is 10.6 Å². The van der Waals surface area contributed by atoms with Gasteiger partial charge < -0.3 is 4.42 Å². The predicted molar refractivity (Wildman–Crippen MR) is 99.1 cm³/mol. The number of benzene rings is 1. The molecule has 0 spiro atoms. The SMILES string of the molecule is Cc1cc(C)c(S(=O)(=O)N(Cc2ccco2)[C@@H]2CCS(=O)(=O)C2)cc1C. The van der Waals surface area contributed by atoms with Crippen LogP contribution in [0.2, 0.25) is 0 Å². The van der Waals surface area contributed by atoms with Crippen molar-refractivity contribution in [2.75, 3.05) is 11.5 Å². The molecule has 1 aliphatic rings. The molecular weight excluding hydrogens is 374 g/mol. The van der Waals surface area contributed by atoms with Gasteiger partial charge in [-0.25, -0.2) is 16.8 Å². The molecule has 1 aliphatic heterocycles. The molecule has 1 atom stereocenters. The molecule has 0 unspecified atom stereocenters. The van der Waals surface area contributed by atoms with E-state index in [0.717, 1.165) is 11.1 Å². The largest absolute Gasteiger partial charge is 0.468 e. The zero-order chi connectivity index (χ0) is 19.1. The van der Waals surface area contributed by atoms with Crippen LogP contribution in [0, 0.1) is 20.8 Å². The minimum absolute atomic E-state index is 0.00769. The van der Waals surface area contributed by atoms with E-state index >= 15 is 0 Å². The van der Waals surface area contributed by atoms with Crippen LogP contribution in [0.15, 0.2) is 39.8 Å². The molecule has 142 valence electrons. The maximum atomic E-state index is 13.4. The average Bonchev–Trinajstić information content (AvgIpc) is 3.17.